The molecule has 0 saturated heterocycles. The van der Waals surface area contributed by atoms with Gasteiger partial charge in [-0.25, -0.2) is 8.42 Å². The minimum Gasteiger partial charge on any atom is -0.223 e. The first-order valence-corrected chi connectivity index (χ1v) is 6.27. The Morgan fingerprint density at radius 2 is 1.56 bits per heavy atom. The van der Waals surface area contributed by atoms with Crippen LogP contribution in [0.4, 0.5) is 13.2 Å². The Balaban J connectivity index is 2.33. The topological polar surface area (TPSA) is 34.1 Å². The fraction of sp³-hybridized carbons (Fsp3) is 0.400. The van der Waals surface area contributed by atoms with Gasteiger partial charge in [0.2, 0.25) is 0 Å². The lowest BCUT2D eigenvalue weighted by Crippen LogP contribution is -2.09. The zero-order chi connectivity index (χ0) is 12.0. The summed E-state index contributed by atoms with van der Waals surface area (Å²) in [5.41, 5.74) is -0.831. The van der Waals surface area contributed by atoms with E-state index in [0.29, 0.717) is 12.8 Å². The molecular weight excluding hydrogens is 241 g/mol. The molecule has 1 aromatic rings. The molecule has 1 aromatic carbocycles. The van der Waals surface area contributed by atoms with Crippen LogP contribution in [0.3, 0.4) is 0 Å². The Kier molecular flexibility index (Phi) is 2.49. The first-order chi connectivity index (χ1) is 7.32. The minimum absolute atomic E-state index is 0.0250. The maximum atomic E-state index is 12.2. The van der Waals surface area contributed by atoms with Gasteiger partial charge < -0.3 is 0 Å². The molecule has 6 heteroatoms. The van der Waals surface area contributed by atoms with Gasteiger partial charge in [0, 0.05) is 0 Å². The fourth-order valence-corrected chi connectivity index (χ4v) is 3.06. The van der Waals surface area contributed by atoms with Crippen LogP contribution >= 0.6 is 0 Å². The van der Waals surface area contributed by atoms with Gasteiger partial charge in [0.05, 0.1) is 15.7 Å². The molecule has 2 rings (SSSR count). The summed E-state index contributed by atoms with van der Waals surface area (Å²) in [4.78, 5) is -0.0250. The molecule has 0 atom stereocenters. The van der Waals surface area contributed by atoms with E-state index in [-0.39, 0.29) is 4.90 Å². The molecule has 0 amide bonds. The van der Waals surface area contributed by atoms with Gasteiger partial charge in [0.1, 0.15) is 0 Å². The molecule has 1 fully saturated rings. The maximum Gasteiger partial charge on any atom is 0.416 e. The third-order valence-electron chi connectivity index (χ3n) is 2.47. The van der Waals surface area contributed by atoms with Crippen LogP contribution in [0.15, 0.2) is 29.2 Å². The number of sulfone groups is 1. The van der Waals surface area contributed by atoms with Crippen molar-refractivity contribution in [2.75, 3.05) is 0 Å². The standard InChI is InChI=1S/C10H9F3O2S/c11-10(12,13)7-1-3-8(4-2-7)16(14,15)9-5-6-9/h1-4,9H,5-6H2. The predicted molar refractivity (Wildman–Crippen MR) is 51.7 cm³/mol. The van der Waals surface area contributed by atoms with E-state index < -0.39 is 26.8 Å². The molecule has 0 bridgehead atoms. The number of hydrogen-bond acceptors (Lipinski definition) is 2. The molecule has 0 aromatic heterocycles. The van der Waals surface area contributed by atoms with Crippen molar-refractivity contribution in [3.05, 3.63) is 29.8 Å². The van der Waals surface area contributed by atoms with Crippen LogP contribution < -0.4 is 0 Å². The van der Waals surface area contributed by atoms with Crippen LogP contribution in [-0.4, -0.2) is 13.7 Å². The fourth-order valence-electron chi connectivity index (χ4n) is 1.40. The predicted octanol–water partition coefficient (Wildman–Crippen LogP) is 2.64. The van der Waals surface area contributed by atoms with Crippen LogP contribution in [0.2, 0.25) is 0 Å². The number of halogens is 3. The lowest BCUT2D eigenvalue weighted by atomic mass is 10.2. The first-order valence-electron chi connectivity index (χ1n) is 4.73. The molecule has 0 aliphatic heterocycles. The van der Waals surface area contributed by atoms with Gasteiger partial charge in [-0.2, -0.15) is 13.2 Å². The second kappa shape index (κ2) is 3.48. The summed E-state index contributed by atoms with van der Waals surface area (Å²) in [6.45, 7) is 0. The van der Waals surface area contributed by atoms with Crippen molar-refractivity contribution in [2.45, 2.75) is 29.2 Å². The van der Waals surface area contributed by atoms with E-state index in [1.807, 2.05) is 0 Å². The minimum atomic E-state index is -4.43. The molecule has 0 unspecified atom stereocenters. The summed E-state index contributed by atoms with van der Waals surface area (Å²) in [6, 6.07) is 3.65. The Hall–Kier alpha value is -1.04. The average molecular weight is 250 g/mol. The molecule has 1 saturated carbocycles. The molecule has 0 N–H and O–H groups in total. The smallest absolute Gasteiger partial charge is 0.223 e. The largest absolute Gasteiger partial charge is 0.416 e. The van der Waals surface area contributed by atoms with E-state index in [1.54, 1.807) is 0 Å². The number of alkyl halides is 3. The zero-order valence-electron chi connectivity index (χ0n) is 8.16. The molecule has 88 valence electrons. The van der Waals surface area contributed by atoms with Crippen LogP contribution in [0.1, 0.15) is 18.4 Å². The van der Waals surface area contributed by atoms with E-state index in [1.165, 1.54) is 0 Å². The molecule has 2 nitrogen and oxygen atoms in total. The molecule has 0 spiro atoms. The van der Waals surface area contributed by atoms with E-state index in [0.717, 1.165) is 24.3 Å². The van der Waals surface area contributed by atoms with Gasteiger partial charge in [-0.05, 0) is 37.1 Å². The van der Waals surface area contributed by atoms with Crippen LogP contribution in [-0.2, 0) is 16.0 Å². The van der Waals surface area contributed by atoms with E-state index >= 15 is 0 Å². The summed E-state index contributed by atoms with van der Waals surface area (Å²) >= 11 is 0. The summed E-state index contributed by atoms with van der Waals surface area (Å²) in [5.74, 6) is 0. The molecule has 16 heavy (non-hydrogen) atoms. The molecule has 0 heterocycles. The normalized spacial score (nSPS) is 17.4. The second-order valence-electron chi connectivity index (χ2n) is 3.77. The number of rotatable bonds is 2. The Morgan fingerprint density at radius 3 is 1.94 bits per heavy atom. The molecule has 0 radical (unpaired) electrons. The zero-order valence-corrected chi connectivity index (χ0v) is 8.98. The lowest BCUT2D eigenvalue weighted by Gasteiger charge is -2.07. The quantitative estimate of drug-likeness (QED) is 0.808. The lowest BCUT2D eigenvalue weighted by molar-refractivity contribution is -0.137. The SMILES string of the molecule is O=S(=O)(c1ccc(C(F)(F)F)cc1)C1CC1. The van der Waals surface area contributed by atoms with Crippen molar-refractivity contribution in [1.29, 1.82) is 0 Å². The highest BCUT2D eigenvalue weighted by molar-refractivity contribution is 7.92. The summed E-state index contributed by atoms with van der Waals surface area (Å²) < 4.78 is 60.1. The molecule has 1 aliphatic rings. The summed E-state index contributed by atoms with van der Waals surface area (Å²) in [7, 11) is -3.40. The number of benzene rings is 1. The van der Waals surface area contributed by atoms with E-state index in [2.05, 4.69) is 0 Å². The van der Waals surface area contributed by atoms with Crippen molar-refractivity contribution in [3.8, 4) is 0 Å². The van der Waals surface area contributed by atoms with Crippen LogP contribution in [0.25, 0.3) is 0 Å². The third-order valence-corrected chi connectivity index (χ3v) is 4.75. The van der Waals surface area contributed by atoms with Crippen molar-refractivity contribution in [1.82, 2.24) is 0 Å². The van der Waals surface area contributed by atoms with Gasteiger partial charge in [0.25, 0.3) is 0 Å². The van der Waals surface area contributed by atoms with Crippen LogP contribution in [0.5, 0.6) is 0 Å². The molecule has 1 aliphatic carbocycles. The highest BCUT2D eigenvalue weighted by Gasteiger charge is 2.37. The van der Waals surface area contributed by atoms with Crippen LogP contribution in [0, 0.1) is 0 Å². The Bertz CT molecular complexity index is 484. The average Bonchev–Trinajstić information content (AvgIpc) is 3.00. The van der Waals surface area contributed by atoms with E-state index in [4.69, 9.17) is 0 Å². The highest BCUT2D eigenvalue weighted by Crippen LogP contribution is 2.35. The van der Waals surface area contributed by atoms with Gasteiger partial charge in [-0.1, -0.05) is 0 Å². The highest BCUT2D eigenvalue weighted by atomic mass is 32.2. The second-order valence-corrected chi connectivity index (χ2v) is 5.99. The van der Waals surface area contributed by atoms with Gasteiger partial charge >= 0.3 is 6.18 Å². The first kappa shape index (κ1) is 11.4. The van der Waals surface area contributed by atoms with Gasteiger partial charge in [0.15, 0.2) is 9.84 Å². The monoisotopic (exact) mass is 250 g/mol. The molecular formula is C10H9F3O2S. The van der Waals surface area contributed by atoms with Gasteiger partial charge in [-0.3, -0.25) is 0 Å². The number of hydrogen-bond donors (Lipinski definition) is 0. The van der Waals surface area contributed by atoms with E-state index in [9.17, 15) is 21.6 Å². The third kappa shape index (κ3) is 2.07. The Labute approximate surface area is 91.0 Å². The van der Waals surface area contributed by atoms with Gasteiger partial charge in [-0.15, -0.1) is 0 Å². The van der Waals surface area contributed by atoms with Crippen molar-refractivity contribution in [3.63, 3.8) is 0 Å². The Morgan fingerprint density at radius 1 is 1.06 bits per heavy atom. The van der Waals surface area contributed by atoms with Crippen molar-refractivity contribution < 1.29 is 21.6 Å². The maximum absolute atomic E-state index is 12.2. The summed E-state index contributed by atoms with van der Waals surface area (Å²) in [5, 5.41) is -0.399. The van der Waals surface area contributed by atoms with Crippen molar-refractivity contribution >= 4 is 9.84 Å². The summed E-state index contributed by atoms with van der Waals surface area (Å²) in [6.07, 6.45) is -3.23. The van der Waals surface area contributed by atoms with Crippen molar-refractivity contribution in [2.24, 2.45) is 0 Å².